The van der Waals surface area contributed by atoms with E-state index in [9.17, 15) is 14.4 Å². The molecule has 26 heavy (non-hydrogen) atoms. The van der Waals surface area contributed by atoms with Gasteiger partial charge in [0.1, 0.15) is 11.3 Å². The molecule has 0 aliphatic carbocycles. The van der Waals surface area contributed by atoms with Gasteiger partial charge in [-0.3, -0.25) is 9.59 Å². The van der Waals surface area contributed by atoms with E-state index in [0.717, 1.165) is 10.9 Å². The Balaban J connectivity index is 1.97. The smallest absolute Gasteiger partial charge is 0.336 e. The van der Waals surface area contributed by atoms with Gasteiger partial charge in [-0.05, 0) is 45.4 Å². The molecule has 0 bridgehead atoms. The molecule has 7 nitrogen and oxygen atoms in total. The van der Waals surface area contributed by atoms with Crippen LogP contribution in [-0.4, -0.2) is 42.5 Å². The molecule has 1 N–H and O–H groups in total. The molecule has 0 saturated carbocycles. The molecule has 2 aromatic rings. The second-order valence-electron chi connectivity index (χ2n) is 7.24. The van der Waals surface area contributed by atoms with Gasteiger partial charge in [0.15, 0.2) is 6.61 Å². The Morgan fingerprint density at radius 2 is 1.92 bits per heavy atom. The number of carbonyl (C=O) groups excluding carboxylic acids is 2. The molecule has 1 heterocycles. The van der Waals surface area contributed by atoms with Crippen molar-refractivity contribution >= 4 is 22.8 Å². The van der Waals surface area contributed by atoms with E-state index in [0.29, 0.717) is 11.3 Å². The van der Waals surface area contributed by atoms with Crippen molar-refractivity contribution in [2.45, 2.75) is 33.2 Å². The molecule has 0 radical (unpaired) electrons. The predicted molar refractivity (Wildman–Crippen MR) is 98.2 cm³/mol. The molecule has 1 aromatic carbocycles. The number of likely N-dealkylation sites (N-methyl/N-ethyl adjacent to an activating group) is 1. The zero-order valence-electron chi connectivity index (χ0n) is 15.7. The first-order valence-electron chi connectivity index (χ1n) is 8.27. The van der Waals surface area contributed by atoms with Crippen LogP contribution in [0.1, 0.15) is 26.3 Å². The number of nitrogens with zero attached hydrogens (tertiary/aromatic N) is 1. The van der Waals surface area contributed by atoms with Crippen molar-refractivity contribution in [2.24, 2.45) is 0 Å². The van der Waals surface area contributed by atoms with Crippen molar-refractivity contribution in [3.05, 3.63) is 40.2 Å². The molecule has 2 rings (SSSR count). The molecule has 0 aliphatic heterocycles. The summed E-state index contributed by atoms with van der Waals surface area (Å²) in [6, 6.07) is 6.47. The Morgan fingerprint density at radius 1 is 1.23 bits per heavy atom. The maximum Gasteiger partial charge on any atom is 0.336 e. The molecule has 0 saturated heterocycles. The maximum absolute atomic E-state index is 12.1. The second-order valence-corrected chi connectivity index (χ2v) is 7.24. The number of aryl methyl sites for hydroxylation is 1. The summed E-state index contributed by atoms with van der Waals surface area (Å²) in [7, 11) is 1.54. The third kappa shape index (κ3) is 5.34. The van der Waals surface area contributed by atoms with Gasteiger partial charge in [0.2, 0.25) is 5.91 Å². The van der Waals surface area contributed by atoms with Gasteiger partial charge < -0.3 is 19.4 Å². The van der Waals surface area contributed by atoms with E-state index in [1.54, 1.807) is 18.2 Å². The summed E-state index contributed by atoms with van der Waals surface area (Å²) >= 11 is 0. The molecule has 140 valence electrons. The molecule has 0 atom stereocenters. The van der Waals surface area contributed by atoms with Gasteiger partial charge in [-0.25, -0.2) is 4.79 Å². The van der Waals surface area contributed by atoms with Crippen LogP contribution in [0.4, 0.5) is 0 Å². The van der Waals surface area contributed by atoms with Gasteiger partial charge in [-0.2, -0.15) is 0 Å². The van der Waals surface area contributed by atoms with E-state index in [-0.39, 0.29) is 30.5 Å². The summed E-state index contributed by atoms with van der Waals surface area (Å²) in [4.78, 5) is 36.8. The SMILES string of the molecule is Cc1cc(=O)oc2cc(OCC(=O)N(C)CC(=O)NC(C)(C)C)ccc12. The van der Waals surface area contributed by atoms with Crippen LogP contribution < -0.4 is 15.7 Å². The van der Waals surface area contributed by atoms with Gasteiger partial charge >= 0.3 is 5.63 Å². The van der Waals surface area contributed by atoms with E-state index < -0.39 is 5.63 Å². The van der Waals surface area contributed by atoms with Gasteiger partial charge in [-0.15, -0.1) is 0 Å². The Morgan fingerprint density at radius 3 is 2.58 bits per heavy atom. The fourth-order valence-electron chi connectivity index (χ4n) is 2.41. The van der Waals surface area contributed by atoms with Gasteiger partial charge in [-0.1, -0.05) is 0 Å². The summed E-state index contributed by atoms with van der Waals surface area (Å²) in [5.41, 5.74) is 0.416. The minimum Gasteiger partial charge on any atom is -0.484 e. The fourth-order valence-corrected chi connectivity index (χ4v) is 2.41. The molecule has 1 aromatic heterocycles. The van der Waals surface area contributed by atoms with Crippen molar-refractivity contribution in [1.82, 2.24) is 10.2 Å². The third-order valence-corrected chi connectivity index (χ3v) is 3.61. The number of fused-ring (bicyclic) bond motifs is 1. The lowest BCUT2D eigenvalue weighted by Crippen LogP contribution is -2.47. The monoisotopic (exact) mass is 360 g/mol. The molecular weight excluding hydrogens is 336 g/mol. The minimum absolute atomic E-state index is 0.0503. The number of hydrogen-bond donors (Lipinski definition) is 1. The lowest BCUT2D eigenvalue weighted by molar-refractivity contribution is -0.136. The van der Waals surface area contributed by atoms with Crippen LogP contribution in [0, 0.1) is 6.92 Å². The highest BCUT2D eigenvalue weighted by Gasteiger charge is 2.18. The van der Waals surface area contributed by atoms with Gasteiger partial charge in [0.05, 0.1) is 6.54 Å². The normalized spacial score (nSPS) is 11.3. The van der Waals surface area contributed by atoms with Crippen molar-refractivity contribution in [1.29, 1.82) is 0 Å². The summed E-state index contributed by atoms with van der Waals surface area (Å²) in [6.07, 6.45) is 0. The Labute approximate surface area is 151 Å². The Kier molecular flexibility index (Phi) is 5.69. The van der Waals surface area contributed by atoms with Crippen molar-refractivity contribution in [3.63, 3.8) is 0 Å². The van der Waals surface area contributed by atoms with Crippen molar-refractivity contribution < 1.29 is 18.7 Å². The van der Waals surface area contributed by atoms with Crippen LogP contribution >= 0.6 is 0 Å². The summed E-state index contributed by atoms with van der Waals surface area (Å²) in [5, 5.41) is 3.60. The van der Waals surface area contributed by atoms with Gasteiger partial charge in [0.25, 0.3) is 5.91 Å². The Bertz CT molecular complexity index is 880. The van der Waals surface area contributed by atoms with Crippen LogP contribution in [0.3, 0.4) is 0 Å². The lowest BCUT2D eigenvalue weighted by Gasteiger charge is -2.23. The fraction of sp³-hybridized carbons (Fsp3) is 0.421. The number of nitrogens with one attached hydrogen (secondary N) is 1. The number of amides is 2. The van der Waals surface area contributed by atoms with E-state index in [1.807, 2.05) is 27.7 Å². The van der Waals surface area contributed by atoms with Crippen LogP contribution in [0.15, 0.2) is 33.5 Å². The first kappa shape index (κ1) is 19.5. The molecular formula is C19H24N2O5. The zero-order chi connectivity index (χ0) is 19.5. The number of carbonyl (C=O) groups is 2. The topological polar surface area (TPSA) is 88.8 Å². The Hall–Kier alpha value is -2.83. The summed E-state index contributed by atoms with van der Waals surface area (Å²) in [6.45, 7) is 7.16. The second kappa shape index (κ2) is 7.59. The molecule has 0 aliphatic rings. The highest BCUT2D eigenvalue weighted by molar-refractivity contribution is 5.86. The van der Waals surface area contributed by atoms with Gasteiger partial charge in [0, 0.05) is 30.1 Å². The number of ether oxygens (including phenoxy) is 1. The minimum atomic E-state index is -0.437. The number of rotatable bonds is 5. The first-order valence-corrected chi connectivity index (χ1v) is 8.27. The van der Waals surface area contributed by atoms with Crippen molar-refractivity contribution in [2.75, 3.05) is 20.2 Å². The van der Waals surface area contributed by atoms with Crippen LogP contribution in [0.25, 0.3) is 11.0 Å². The van der Waals surface area contributed by atoms with Crippen LogP contribution in [0.2, 0.25) is 0 Å². The quantitative estimate of drug-likeness (QED) is 0.822. The van der Waals surface area contributed by atoms with E-state index in [4.69, 9.17) is 9.15 Å². The zero-order valence-corrected chi connectivity index (χ0v) is 15.7. The predicted octanol–water partition coefficient (Wildman–Crippen LogP) is 1.85. The van der Waals surface area contributed by atoms with Crippen LogP contribution in [-0.2, 0) is 9.59 Å². The van der Waals surface area contributed by atoms with Crippen LogP contribution in [0.5, 0.6) is 5.75 Å². The average molecular weight is 360 g/mol. The van der Waals surface area contributed by atoms with E-state index in [2.05, 4.69) is 5.32 Å². The number of benzene rings is 1. The molecule has 7 heteroatoms. The summed E-state index contributed by atoms with van der Waals surface area (Å²) in [5.74, 6) is -0.164. The highest BCUT2D eigenvalue weighted by atomic mass is 16.5. The van der Waals surface area contributed by atoms with E-state index >= 15 is 0 Å². The third-order valence-electron chi connectivity index (χ3n) is 3.61. The molecule has 0 fully saturated rings. The average Bonchev–Trinajstić information content (AvgIpc) is 2.49. The maximum atomic E-state index is 12.1. The van der Waals surface area contributed by atoms with E-state index in [1.165, 1.54) is 18.0 Å². The molecule has 0 unspecified atom stereocenters. The molecule has 2 amide bonds. The largest absolute Gasteiger partial charge is 0.484 e. The standard InChI is InChI=1S/C19H24N2O5/c1-12-8-18(24)26-15-9-13(6-7-14(12)15)25-11-17(23)21(5)10-16(22)20-19(2,3)4/h6-9H,10-11H2,1-5H3,(H,20,22). The first-order chi connectivity index (χ1) is 12.0. The highest BCUT2D eigenvalue weighted by Crippen LogP contribution is 2.22. The number of hydrogen-bond acceptors (Lipinski definition) is 5. The molecule has 0 spiro atoms. The lowest BCUT2D eigenvalue weighted by atomic mass is 10.1. The van der Waals surface area contributed by atoms with Crippen molar-refractivity contribution in [3.8, 4) is 5.75 Å². The summed E-state index contributed by atoms with van der Waals surface area (Å²) < 4.78 is 10.6.